The maximum absolute atomic E-state index is 12.2. The van der Waals surface area contributed by atoms with Gasteiger partial charge in [-0.15, -0.1) is 0 Å². The average Bonchev–Trinajstić information content (AvgIpc) is 3.02. The van der Waals surface area contributed by atoms with Crippen LogP contribution in [-0.2, 0) is 4.79 Å². The van der Waals surface area contributed by atoms with E-state index in [9.17, 15) is 4.79 Å². The lowest BCUT2D eigenvalue weighted by molar-refractivity contribution is -0.123. The molecule has 4 aliphatic carbocycles. The number of Topliss-reactive ketones (excluding diaryl/α,β-unsaturated/α-hetero) is 1. The third-order valence-electron chi connectivity index (χ3n) is 10.8. The first-order chi connectivity index (χ1) is 14.1. The molecular weight excluding hydrogens is 500 g/mol. The molecule has 4 fully saturated rings. The first-order valence-electron chi connectivity index (χ1n) is 12.9. The molecule has 4 aliphatic rings. The van der Waals surface area contributed by atoms with Crippen LogP contribution >= 0.6 is 31.9 Å². The Labute approximate surface area is 202 Å². The van der Waals surface area contributed by atoms with Gasteiger partial charge in [0.05, 0.1) is 0 Å². The van der Waals surface area contributed by atoms with Crippen molar-refractivity contribution in [3.8, 4) is 0 Å². The Morgan fingerprint density at radius 2 is 1.60 bits per heavy atom. The van der Waals surface area contributed by atoms with Gasteiger partial charge in [0.1, 0.15) is 5.78 Å². The van der Waals surface area contributed by atoms with E-state index in [0.717, 1.165) is 42.4 Å². The minimum atomic E-state index is 0.197. The summed E-state index contributed by atoms with van der Waals surface area (Å²) in [6.07, 6.45) is 13.2. The second-order valence-corrected chi connectivity index (χ2v) is 15.0. The number of rotatable bonds is 5. The fourth-order valence-corrected chi connectivity index (χ4v) is 12.1. The normalized spacial score (nSPS) is 49.3. The Hall–Kier alpha value is 0.630. The van der Waals surface area contributed by atoms with E-state index in [1.165, 1.54) is 51.4 Å². The highest BCUT2D eigenvalue weighted by atomic mass is 79.9. The molecule has 0 aromatic heterocycles. The van der Waals surface area contributed by atoms with Crippen molar-refractivity contribution in [1.82, 2.24) is 0 Å². The van der Waals surface area contributed by atoms with E-state index in [2.05, 4.69) is 66.5 Å². The average molecular weight is 544 g/mol. The lowest BCUT2D eigenvalue weighted by atomic mass is 9.44. The van der Waals surface area contributed by atoms with Crippen molar-refractivity contribution in [1.29, 1.82) is 0 Å². The number of ketones is 1. The molecule has 0 N–H and O–H groups in total. The van der Waals surface area contributed by atoms with E-state index >= 15 is 0 Å². The van der Waals surface area contributed by atoms with Crippen LogP contribution in [0.25, 0.3) is 0 Å². The van der Waals surface area contributed by atoms with Crippen LogP contribution in [0, 0.1) is 52.3 Å². The quantitative estimate of drug-likeness (QED) is 0.318. The summed E-state index contributed by atoms with van der Waals surface area (Å²) >= 11 is 8.12. The van der Waals surface area contributed by atoms with E-state index in [1.807, 2.05) is 0 Å². The third-order valence-corrected chi connectivity index (χ3v) is 12.5. The van der Waals surface area contributed by atoms with Crippen molar-refractivity contribution in [3.63, 3.8) is 0 Å². The molecule has 0 amide bonds. The van der Waals surface area contributed by atoms with Gasteiger partial charge in [0.15, 0.2) is 0 Å². The number of hydrogen-bond acceptors (Lipinski definition) is 1. The first-order valence-corrected chi connectivity index (χ1v) is 14.7. The number of carbonyl (C=O) groups excluding carboxylic acids is 1. The molecule has 0 radical (unpaired) electrons. The van der Waals surface area contributed by atoms with Crippen LogP contribution in [0.4, 0.5) is 0 Å². The van der Waals surface area contributed by atoms with Gasteiger partial charge in [0, 0.05) is 22.0 Å². The van der Waals surface area contributed by atoms with Crippen molar-refractivity contribution in [3.05, 3.63) is 0 Å². The number of hydrogen-bond donors (Lipinski definition) is 0. The van der Waals surface area contributed by atoms with Gasteiger partial charge in [0.25, 0.3) is 0 Å². The molecule has 0 heterocycles. The topological polar surface area (TPSA) is 17.1 Å². The largest absolute Gasteiger partial charge is 0.299 e. The highest BCUT2D eigenvalue weighted by Gasteiger charge is 2.61. The summed E-state index contributed by atoms with van der Waals surface area (Å²) in [5, 5.41) is 0. The Bertz CT molecular complexity index is 647. The van der Waals surface area contributed by atoms with Gasteiger partial charge in [0.2, 0.25) is 0 Å². The molecule has 0 aromatic rings. The Morgan fingerprint density at radius 1 is 0.933 bits per heavy atom. The van der Waals surface area contributed by atoms with Crippen molar-refractivity contribution in [2.24, 2.45) is 52.3 Å². The van der Waals surface area contributed by atoms with Crippen LogP contribution in [0.1, 0.15) is 98.8 Å². The molecule has 0 aliphatic heterocycles. The van der Waals surface area contributed by atoms with E-state index in [1.54, 1.807) is 0 Å². The fraction of sp³-hybridized carbons (Fsp3) is 0.963. The first kappa shape index (κ1) is 23.8. The van der Waals surface area contributed by atoms with Crippen molar-refractivity contribution in [2.45, 2.75) is 108 Å². The summed E-state index contributed by atoms with van der Waals surface area (Å²) in [5.74, 6) is 5.84. The van der Waals surface area contributed by atoms with Gasteiger partial charge < -0.3 is 0 Å². The smallest absolute Gasteiger partial charge is 0.135 e. The van der Waals surface area contributed by atoms with Crippen molar-refractivity contribution < 1.29 is 4.79 Å². The van der Waals surface area contributed by atoms with Gasteiger partial charge in [-0.3, -0.25) is 4.79 Å². The maximum Gasteiger partial charge on any atom is 0.135 e. The predicted molar refractivity (Wildman–Crippen MR) is 134 cm³/mol. The molecule has 3 heteroatoms. The lowest BCUT2D eigenvalue weighted by Gasteiger charge is -2.62. The van der Waals surface area contributed by atoms with Crippen molar-refractivity contribution >= 4 is 37.6 Å². The van der Waals surface area contributed by atoms with E-state index in [0.29, 0.717) is 32.2 Å². The molecular formula is C27H44Br2O. The molecule has 172 valence electrons. The molecule has 3 unspecified atom stereocenters. The molecule has 0 saturated heterocycles. The number of carbonyl (C=O) groups is 1. The van der Waals surface area contributed by atoms with Crippen molar-refractivity contribution in [2.75, 3.05) is 0 Å². The summed E-state index contributed by atoms with van der Waals surface area (Å²) in [7, 11) is 0. The molecule has 4 rings (SSSR count). The minimum Gasteiger partial charge on any atom is -0.299 e. The van der Waals surface area contributed by atoms with Gasteiger partial charge in [-0.05, 0) is 104 Å². The zero-order valence-electron chi connectivity index (χ0n) is 19.9. The molecule has 1 nitrogen and oxygen atoms in total. The van der Waals surface area contributed by atoms with Gasteiger partial charge in [-0.25, -0.2) is 0 Å². The highest BCUT2D eigenvalue weighted by molar-refractivity contribution is 9.10. The van der Waals surface area contributed by atoms with Crippen LogP contribution < -0.4 is 0 Å². The highest BCUT2D eigenvalue weighted by Crippen LogP contribution is 2.69. The molecule has 0 aromatic carbocycles. The van der Waals surface area contributed by atoms with Gasteiger partial charge in [-0.1, -0.05) is 66.5 Å². The van der Waals surface area contributed by atoms with Gasteiger partial charge in [-0.2, -0.15) is 0 Å². The Balaban J connectivity index is 1.49. The van der Waals surface area contributed by atoms with Crippen LogP contribution in [-0.4, -0.2) is 15.4 Å². The maximum atomic E-state index is 12.2. The fourth-order valence-electron chi connectivity index (χ4n) is 9.19. The summed E-state index contributed by atoms with van der Waals surface area (Å²) in [4.78, 5) is 13.6. The molecule has 4 saturated carbocycles. The van der Waals surface area contributed by atoms with Crippen LogP contribution in [0.5, 0.6) is 0 Å². The minimum absolute atomic E-state index is 0.197. The van der Waals surface area contributed by atoms with Crippen LogP contribution in [0.15, 0.2) is 0 Å². The van der Waals surface area contributed by atoms with E-state index in [4.69, 9.17) is 0 Å². The molecule has 10 atom stereocenters. The second kappa shape index (κ2) is 8.77. The summed E-state index contributed by atoms with van der Waals surface area (Å²) in [5.41, 5.74) is 1.03. The predicted octanol–water partition coefficient (Wildman–Crippen LogP) is 8.42. The third kappa shape index (κ3) is 3.92. The number of alkyl halides is 2. The zero-order chi connectivity index (χ0) is 21.8. The van der Waals surface area contributed by atoms with Crippen LogP contribution in [0.2, 0.25) is 0 Å². The molecule has 0 bridgehead atoms. The second-order valence-electron chi connectivity index (χ2n) is 12.5. The SMILES string of the molecule is CC(C)C(=O)CC[C@@H](C)[C@H]1CC[C@H]2[C@@H]3CCC4C(Br)CC(Br)C[C@]4(C)[C@H]3CC[C@]12C. The van der Waals surface area contributed by atoms with Crippen LogP contribution in [0.3, 0.4) is 0 Å². The standard InChI is InChI=1S/C27H44Br2O/c1-16(2)25(30)11-6-17(3)20-9-10-21-19-7-8-23-24(29)14-18(28)15-27(23,5)22(19)12-13-26(20,21)4/h16-24H,6-15H2,1-5H3/t17-,18?,19+,20-,21+,22+,23?,24?,26-,27-/m1/s1. The summed E-state index contributed by atoms with van der Waals surface area (Å²) in [6.45, 7) is 11.9. The van der Waals surface area contributed by atoms with E-state index < -0.39 is 0 Å². The zero-order valence-corrected chi connectivity index (χ0v) is 23.1. The van der Waals surface area contributed by atoms with Gasteiger partial charge >= 0.3 is 0 Å². The monoisotopic (exact) mass is 542 g/mol. The lowest BCUT2D eigenvalue weighted by Crippen LogP contribution is -2.56. The summed E-state index contributed by atoms with van der Waals surface area (Å²) in [6, 6.07) is 0. The molecule has 0 spiro atoms. The number of halogens is 2. The molecule has 30 heavy (non-hydrogen) atoms. The summed E-state index contributed by atoms with van der Waals surface area (Å²) < 4.78 is 0. The number of fused-ring (bicyclic) bond motifs is 5. The van der Waals surface area contributed by atoms with E-state index in [-0.39, 0.29) is 5.92 Å². The Morgan fingerprint density at radius 3 is 2.30 bits per heavy atom. The Kier molecular flexibility index (Phi) is 6.95.